The molecule has 29 heavy (non-hydrogen) atoms. The predicted octanol–water partition coefficient (Wildman–Crippen LogP) is 4.70. The zero-order chi connectivity index (χ0) is 20.9. The van der Waals surface area contributed by atoms with Crippen molar-refractivity contribution in [3.63, 3.8) is 0 Å². The van der Waals surface area contributed by atoms with Gasteiger partial charge in [0.1, 0.15) is 5.75 Å². The van der Waals surface area contributed by atoms with Crippen LogP contribution in [0.1, 0.15) is 5.56 Å². The van der Waals surface area contributed by atoms with Crippen molar-refractivity contribution >= 4 is 34.2 Å². The zero-order valence-corrected chi connectivity index (χ0v) is 18.4. The van der Waals surface area contributed by atoms with E-state index in [-0.39, 0.29) is 16.3 Å². The van der Waals surface area contributed by atoms with Gasteiger partial charge in [-0.1, -0.05) is 48.0 Å². The van der Waals surface area contributed by atoms with Crippen molar-refractivity contribution < 1.29 is 17.5 Å². The highest BCUT2D eigenvalue weighted by Gasteiger charge is 2.23. The second-order valence-corrected chi connectivity index (χ2v) is 11.1. The number of aryl methyl sites for hydroxylation is 1. The fraction of sp³-hybridized carbons (Fsp3) is 0.100. The van der Waals surface area contributed by atoms with Crippen molar-refractivity contribution in [3.8, 4) is 11.5 Å². The van der Waals surface area contributed by atoms with Gasteiger partial charge in [-0.15, -0.1) is 0 Å². The van der Waals surface area contributed by atoms with Crippen molar-refractivity contribution in [1.29, 1.82) is 0 Å². The third-order valence-electron chi connectivity index (χ3n) is 3.92. The first-order chi connectivity index (χ1) is 13.8. The van der Waals surface area contributed by atoms with E-state index in [1.807, 2.05) is 25.1 Å². The molecule has 0 saturated heterocycles. The highest BCUT2D eigenvalue weighted by Crippen LogP contribution is 2.46. The zero-order valence-electron chi connectivity index (χ0n) is 15.9. The molecule has 152 valence electrons. The van der Waals surface area contributed by atoms with Crippen molar-refractivity contribution in [2.45, 2.75) is 11.8 Å². The molecule has 0 aromatic heterocycles. The molecule has 0 spiro atoms. The molecule has 3 aromatic rings. The van der Waals surface area contributed by atoms with Gasteiger partial charge in [-0.2, -0.15) is 0 Å². The van der Waals surface area contributed by atoms with Gasteiger partial charge in [-0.3, -0.25) is 4.72 Å². The summed E-state index contributed by atoms with van der Waals surface area (Å²) in [7, 11) is -2.15. The van der Waals surface area contributed by atoms with Crippen LogP contribution in [0, 0.1) is 6.92 Å². The smallest absolute Gasteiger partial charge is 0.365 e. The number of anilines is 1. The summed E-state index contributed by atoms with van der Waals surface area (Å²) in [6.45, 7) is -1.07. The Morgan fingerprint density at radius 2 is 1.48 bits per heavy atom. The number of para-hydroxylation sites is 3. The monoisotopic (exact) mass is 448 g/mol. The first-order valence-electron chi connectivity index (χ1n) is 8.73. The Morgan fingerprint density at radius 1 is 0.862 bits per heavy atom. The summed E-state index contributed by atoms with van der Waals surface area (Å²) in [5, 5.41) is 2.91. The molecule has 0 bridgehead atoms. The molecule has 0 heterocycles. The molecular weight excluding hydrogens is 427 g/mol. The lowest BCUT2D eigenvalue weighted by Gasteiger charge is -2.24. The lowest BCUT2D eigenvalue weighted by Crippen LogP contribution is -2.16. The van der Waals surface area contributed by atoms with Gasteiger partial charge in [0, 0.05) is 11.8 Å². The van der Waals surface area contributed by atoms with Crippen LogP contribution in [0.5, 0.6) is 11.5 Å². The predicted molar refractivity (Wildman–Crippen MR) is 119 cm³/mol. The molecule has 0 aliphatic carbocycles. The summed E-state index contributed by atoms with van der Waals surface area (Å²) in [5.41, 5.74) is 1.25. The van der Waals surface area contributed by atoms with Crippen molar-refractivity contribution in [1.82, 2.24) is 5.09 Å². The minimum absolute atomic E-state index is 0.159. The highest BCUT2D eigenvalue weighted by atomic mass is 32.5. The maximum atomic E-state index is 12.8. The van der Waals surface area contributed by atoms with Gasteiger partial charge in [0.05, 0.1) is 10.6 Å². The number of benzene rings is 3. The average Bonchev–Trinajstić information content (AvgIpc) is 2.70. The second-order valence-electron chi connectivity index (χ2n) is 6.13. The molecule has 3 aromatic carbocycles. The number of nitrogens with one attached hydrogen (secondary N) is 2. The summed E-state index contributed by atoms with van der Waals surface area (Å²) in [6.07, 6.45) is 0. The quantitative estimate of drug-likeness (QED) is 0.487. The van der Waals surface area contributed by atoms with Crippen LogP contribution in [0.25, 0.3) is 0 Å². The van der Waals surface area contributed by atoms with Crippen LogP contribution in [0.2, 0.25) is 0 Å². The van der Waals surface area contributed by atoms with Crippen LogP contribution >= 0.6 is 6.64 Å². The van der Waals surface area contributed by atoms with Gasteiger partial charge >= 0.3 is 6.64 Å². The number of hydrogen-bond acceptors (Lipinski definition) is 5. The van der Waals surface area contributed by atoms with Gasteiger partial charge < -0.3 is 9.05 Å². The summed E-state index contributed by atoms with van der Waals surface area (Å²) >= 11 is 5.55. The molecule has 0 amide bonds. The van der Waals surface area contributed by atoms with Crippen LogP contribution in [0.15, 0.2) is 83.8 Å². The number of rotatable bonds is 8. The lowest BCUT2D eigenvalue weighted by molar-refractivity contribution is 0.477. The Bertz CT molecular complexity index is 1120. The Balaban J connectivity index is 1.86. The van der Waals surface area contributed by atoms with Crippen molar-refractivity contribution in [3.05, 3.63) is 84.4 Å². The van der Waals surface area contributed by atoms with Crippen LogP contribution in [-0.4, -0.2) is 15.5 Å². The number of hydrogen-bond donors (Lipinski definition) is 2. The minimum atomic E-state index is -3.79. The fourth-order valence-corrected chi connectivity index (χ4v) is 5.02. The Kier molecular flexibility index (Phi) is 6.59. The largest absolute Gasteiger partial charge is 0.425 e. The topological polar surface area (TPSA) is 76.7 Å². The van der Waals surface area contributed by atoms with E-state index in [0.29, 0.717) is 5.75 Å². The van der Waals surface area contributed by atoms with E-state index in [2.05, 4.69) is 9.81 Å². The second kappa shape index (κ2) is 8.97. The van der Waals surface area contributed by atoms with E-state index in [1.54, 1.807) is 67.7 Å². The molecule has 1 unspecified atom stereocenters. The molecule has 0 aliphatic heterocycles. The summed E-state index contributed by atoms with van der Waals surface area (Å²) in [5.74, 6) is 0.833. The van der Waals surface area contributed by atoms with Crippen LogP contribution in [-0.2, 0) is 21.8 Å². The molecule has 0 aliphatic rings. The highest BCUT2D eigenvalue weighted by molar-refractivity contribution is 8.09. The summed E-state index contributed by atoms with van der Waals surface area (Å²) < 4.78 is 39.9. The molecule has 6 nitrogen and oxygen atoms in total. The van der Waals surface area contributed by atoms with Crippen molar-refractivity contribution in [2.24, 2.45) is 0 Å². The van der Waals surface area contributed by atoms with E-state index in [4.69, 9.17) is 20.9 Å². The Labute approximate surface area is 176 Å². The van der Waals surface area contributed by atoms with E-state index in [9.17, 15) is 8.42 Å². The Morgan fingerprint density at radius 3 is 2.14 bits per heavy atom. The van der Waals surface area contributed by atoms with Gasteiger partial charge in [0.25, 0.3) is 10.0 Å². The van der Waals surface area contributed by atoms with Crippen molar-refractivity contribution in [2.75, 3.05) is 11.8 Å². The summed E-state index contributed by atoms with van der Waals surface area (Å²) in [6, 6.07) is 22.3. The van der Waals surface area contributed by atoms with E-state index in [1.165, 1.54) is 0 Å². The van der Waals surface area contributed by atoms with E-state index in [0.717, 1.165) is 5.56 Å². The third-order valence-corrected chi connectivity index (χ3v) is 7.74. The van der Waals surface area contributed by atoms with Gasteiger partial charge in [0.15, 0.2) is 5.75 Å². The maximum absolute atomic E-state index is 12.8. The first kappa shape index (κ1) is 21.3. The fourth-order valence-electron chi connectivity index (χ4n) is 2.41. The SMILES string of the molecule is CNP(=S)(Oc1ccccc1)Oc1ccccc1NS(=O)(=O)c1ccc(C)cc1. The maximum Gasteiger partial charge on any atom is 0.365 e. The first-order valence-corrected chi connectivity index (χ1v) is 12.9. The van der Waals surface area contributed by atoms with Crippen LogP contribution < -0.4 is 18.9 Å². The molecule has 0 saturated carbocycles. The lowest BCUT2D eigenvalue weighted by atomic mass is 10.2. The third kappa shape index (κ3) is 5.58. The minimum Gasteiger partial charge on any atom is -0.425 e. The molecule has 1 atom stereocenters. The molecular formula is C20H21N2O4PS2. The molecule has 2 N–H and O–H groups in total. The summed E-state index contributed by atoms with van der Waals surface area (Å²) in [4.78, 5) is 0.159. The molecule has 0 fully saturated rings. The standard InChI is InChI=1S/C20H21N2O4PS2/c1-16-12-14-18(15-13-16)29(23,24)22-19-10-6-7-11-20(19)26-27(28,21-2)25-17-8-4-3-5-9-17/h3-15,22H,1-2H3,(H,21,28). The Hall–Kier alpha value is -2.38. The number of sulfonamides is 1. The molecule has 9 heteroatoms. The van der Waals surface area contributed by atoms with Gasteiger partial charge in [0.2, 0.25) is 0 Å². The molecule has 0 radical (unpaired) electrons. The van der Waals surface area contributed by atoms with Crippen LogP contribution in [0.4, 0.5) is 5.69 Å². The van der Waals surface area contributed by atoms with E-state index < -0.39 is 16.7 Å². The molecule has 3 rings (SSSR count). The van der Waals surface area contributed by atoms with Gasteiger partial charge in [-0.05, 0) is 50.4 Å². The normalized spacial score (nSPS) is 13.3. The average molecular weight is 449 g/mol. The van der Waals surface area contributed by atoms with E-state index >= 15 is 0 Å². The van der Waals surface area contributed by atoms with Crippen LogP contribution in [0.3, 0.4) is 0 Å². The van der Waals surface area contributed by atoms with Gasteiger partial charge in [-0.25, -0.2) is 13.5 Å².